The van der Waals surface area contributed by atoms with E-state index in [4.69, 9.17) is 10.00 Å². The van der Waals surface area contributed by atoms with Crippen LogP contribution >= 0.6 is 0 Å². The van der Waals surface area contributed by atoms with Gasteiger partial charge in [-0.25, -0.2) is 0 Å². The zero-order valence-electron chi connectivity index (χ0n) is 14.4. The maximum absolute atomic E-state index is 10.9. The van der Waals surface area contributed by atoms with Crippen LogP contribution in [0.1, 0.15) is 51.3 Å². The van der Waals surface area contributed by atoms with Crippen molar-refractivity contribution in [1.29, 1.82) is 10.5 Å². The number of ether oxygens (including phenoxy) is 1. The first kappa shape index (κ1) is 17.8. The zero-order valence-corrected chi connectivity index (χ0v) is 14.4. The number of aliphatic hydroxyl groups is 1. The van der Waals surface area contributed by atoms with Gasteiger partial charge in [-0.3, -0.25) is 0 Å². The Balaban J connectivity index is 2.63. The van der Waals surface area contributed by atoms with Gasteiger partial charge in [0.2, 0.25) is 6.19 Å². The molecule has 0 bridgehead atoms. The van der Waals surface area contributed by atoms with E-state index in [1.54, 1.807) is 25.1 Å². The number of amidine groups is 1. The van der Waals surface area contributed by atoms with Crippen LogP contribution in [0.25, 0.3) is 0 Å². The fourth-order valence-corrected chi connectivity index (χ4v) is 3.05. The molecule has 0 fully saturated rings. The minimum absolute atomic E-state index is 0.436. The lowest BCUT2D eigenvalue weighted by Gasteiger charge is -2.46. The Morgan fingerprint density at radius 1 is 1.42 bits per heavy atom. The van der Waals surface area contributed by atoms with Gasteiger partial charge in [0.25, 0.3) is 0 Å². The number of hydrogen-bond donors (Lipinski definition) is 1. The van der Waals surface area contributed by atoms with E-state index in [1.807, 2.05) is 31.9 Å². The molecule has 0 radical (unpaired) electrons. The summed E-state index contributed by atoms with van der Waals surface area (Å²) in [6, 6.07) is 6.88. The molecular formula is C18H22N4O2. The maximum Gasteiger partial charge on any atom is 0.207 e. The number of fused-ring (bicyclic) bond motifs is 1. The molecule has 0 spiro atoms. The van der Waals surface area contributed by atoms with Crippen LogP contribution in [0, 0.1) is 22.8 Å². The highest BCUT2D eigenvalue weighted by Crippen LogP contribution is 2.43. The molecule has 6 heteroatoms. The molecule has 1 heterocycles. The number of aliphatic hydroxyl groups excluding tert-OH is 1. The summed E-state index contributed by atoms with van der Waals surface area (Å²) in [5.41, 5.74) is 0.437. The quantitative estimate of drug-likeness (QED) is 0.524. The van der Waals surface area contributed by atoms with Crippen molar-refractivity contribution in [2.45, 2.75) is 51.9 Å². The first-order valence-corrected chi connectivity index (χ1v) is 7.96. The van der Waals surface area contributed by atoms with Gasteiger partial charge in [-0.2, -0.15) is 15.5 Å². The van der Waals surface area contributed by atoms with E-state index in [2.05, 4.69) is 11.1 Å². The largest absolute Gasteiger partial charge is 0.485 e. The first-order chi connectivity index (χ1) is 11.4. The SMILES string of the molecule is CCCN(C(C)=NC#N)[C@@H]1c2cc(C#N)ccc2OC(C)(C)[C@H]1O. The van der Waals surface area contributed by atoms with Gasteiger partial charge in [0.05, 0.1) is 17.7 Å². The molecule has 0 aromatic heterocycles. The predicted octanol–water partition coefficient (Wildman–Crippen LogP) is 2.74. The van der Waals surface area contributed by atoms with Crippen LogP contribution in [0.15, 0.2) is 23.2 Å². The highest BCUT2D eigenvalue weighted by molar-refractivity contribution is 5.81. The van der Waals surface area contributed by atoms with Crippen LogP contribution in [0.3, 0.4) is 0 Å². The topological polar surface area (TPSA) is 92.6 Å². The van der Waals surface area contributed by atoms with E-state index < -0.39 is 17.7 Å². The lowest BCUT2D eigenvalue weighted by molar-refractivity contribution is -0.0816. The highest BCUT2D eigenvalue weighted by Gasteiger charge is 2.45. The molecule has 1 aliphatic rings. The molecule has 6 nitrogen and oxygen atoms in total. The minimum Gasteiger partial charge on any atom is -0.485 e. The summed E-state index contributed by atoms with van der Waals surface area (Å²) in [6.07, 6.45) is 1.80. The number of rotatable bonds is 3. The Bertz CT molecular complexity index is 728. The van der Waals surface area contributed by atoms with Crippen LogP contribution < -0.4 is 4.74 Å². The molecule has 0 saturated carbocycles. The molecule has 0 amide bonds. The molecule has 1 aliphatic heterocycles. The van der Waals surface area contributed by atoms with Crippen molar-refractivity contribution in [3.63, 3.8) is 0 Å². The van der Waals surface area contributed by atoms with Crippen LogP contribution in [0.4, 0.5) is 0 Å². The summed E-state index contributed by atoms with van der Waals surface area (Å²) >= 11 is 0. The molecule has 24 heavy (non-hydrogen) atoms. The van der Waals surface area contributed by atoms with Crippen LogP contribution in [0.2, 0.25) is 0 Å². The van der Waals surface area contributed by atoms with Crippen molar-refractivity contribution in [1.82, 2.24) is 4.90 Å². The lowest BCUT2D eigenvalue weighted by atomic mass is 9.84. The van der Waals surface area contributed by atoms with Gasteiger partial charge in [-0.15, -0.1) is 0 Å². The smallest absolute Gasteiger partial charge is 0.207 e. The van der Waals surface area contributed by atoms with E-state index in [0.717, 1.165) is 12.0 Å². The third kappa shape index (κ3) is 3.20. The Morgan fingerprint density at radius 3 is 2.71 bits per heavy atom. The molecule has 0 aliphatic carbocycles. The second kappa shape index (κ2) is 6.90. The molecule has 1 N–H and O–H groups in total. The number of hydrogen-bond acceptors (Lipinski definition) is 5. The average molecular weight is 326 g/mol. The number of benzene rings is 1. The Kier molecular flexibility index (Phi) is 5.11. The monoisotopic (exact) mass is 326 g/mol. The van der Waals surface area contributed by atoms with Crippen LogP contribution in [0.5, 0.6) is 5.75 Å². The van der Waals surface area contributed by atoms with Crippen molar-refractivity contribution in [2.75, 3.05) is 6.54 Å². The summed E-state index contributed by atoms with van der Waals surface area (Å²) in [7, 11) is 0. The van der Waals surface area contributed by atoms with E-state index >= 15 is 0 Å². The first-order valence-electron chi connectivity index (χ1n) is 7.96. The van der Waals surface area contributed by atoms with Gasteiger partial charge < -0.3 is 14.7 Å². The van der Waals surface area contributed by atoms with Crippen molar-refractivity contribution in [2.24, 2.45) is 4.99 Å². The fourth-order valence-electron chi connectivity index (χ4n) is 3.05. The van der Waals surface area contributed by atoms with Crippen molar-refractivity contribution < 1.29 is 9.84 Å². The van der Waals surface area contributed by atoms with E-state index in [-0.39, 0.29) is 0 Å². The van der Waals surface area contributed by atoms with Crippen molar-refractivity contribution in [3.8, 4) is 18.0 Å². The van der Waals surface area contributed by atoms with Crippen molar-refractivity contribution in [3.05, 3.63) is 29.3 Å². The normalized spacial score (nSPS) is 21.9. The summed E-state index contributed by atoms with van der Waals surface area (Å²) in [6.45, 7) is 8.06. The predicted molar refractivity (Wildman–Crippen MR) is 90.3 cm³/mol. The Labute approximate surface area is 142 Å². The van der Waals surface area contributed by atoms with Gasteiger partial charge in [0.15, 0.2) is 0 Å². The molecule has 126 valence electrons. The summed E-state index contributed by atoms with van der Waals surface area (Å²) in [4.78, 5) is 5.76. The molecule has 1 aromatic rings. The van der Waals surface area contributed by atoms with E-state index in [9.17, 15) is 10.4 Å². The van der Waals surface area contributed by atoms with Gasteiger partial charge in [0, 0.05) is 12.1 Å². The minimum atomic E-state index is -0.839. The molecule has 2 rings (SSSR count). The number of aliphatic imine (C=N–C) groups is 1. The standard InChI is InChI=1S/C18H22N4O2/c1-5-8-22(12(2)21-11-20)16-14-9-13(10-19)6-7-15(14)24-18(3,4)17(16)23/h6-7,9,16-17,23H,5,8H2,1-4H3/t16-,17+/m1/s1. The highest BCUT2D eigenvalue weighted by atomic mass is 16.5. The molecule has 2 atom stereocenters. The molecule has 0 saturated heterocycles. The van der Waals surface area contributed by atoms with Gasteiger partial charge in [-0.1, -0.05) is 6.92 Å². The fraction of sp³-hybridized carbons (Fsp3) is 0.500. The van der Waals surface area contributed by atoms with E-state index in [0.29, 0.717) is 23.7 Å². The Morgan fingerprint density at radius 2 is 2.12 bits per heavy atom. The third-order valence-electron chi connectivity index (χ3n) is 4.27. The summed E-state index contributed by atoms with van der Waals surface area (Å²) in [5.74, 6) is 1.18. The van der Waals surface area contributed by atoms with Crippen molar-refractivity contribution >= 4 is 5.84 Å². The second-order valence-electron chi connectivity index (χ2n) is 6.41. The maximum atomic E-state index is 10.9. The van der Waals surface area contributed by atoms with Gasteiger partial charge >= 0.3 is 0 Å². The molecule has 0 unspecified atom stereocenters. The third-order valence-corrected chi connectivity index (χ3v) is 4.27. The average Bonchev–Trinajstić information content (AvgIpc) is 2.54. The summed E-state index contributed by atoms with van der Waals surface area (Å²) < 4.78 is 5.94. The number of nitrogens with zero attached hydrogens (tertiary/aromatic N) is 4. The lowest BCUT2D eigenvalue weighted by Crippen LogP contribution is -2.54. The Hall–Kier alpha value is -2.57. The number of nitriles is 2. The van der Waals surface area contributed by atoms with Crippen LogP contribution in [-0.4, -0.2) is 34.1 Å². The molecular weight excluding hydrogens is 304 g/mol. The summed E-state index contributed by atoms with van der Waals surface area (Å²) in [5, 5.41) is 29.0. The molecule has 1 aromatic carbocycles. The van der Waals surface area contributed by atoms with E-state index in [1.165, 1.54) is 0 Å². The van der Waals surface area contributed by atoms with Gasteiger partial charge in [-0.05, 0) is 45.4 Å². The van der Waals surface area contributed by atoms with Crippen LogP contribution in [-0.2, 0) is 0 Å². The zero-order chi connectivity index (χ0) is 17.9. The van der Waals surface area contributed by atoms with Gasteiger partial charge in [0.1, 0.15) is 23.3 Å². The second-order valence-corrected chi connectivity index (χ2v) is 6.41.